The fraction of sp³-hybridized carbons (Fsp3) is 0.364. The average molecular weight is 402 g/mol. The van der Waals surface area contributed by atoms with Crippen molar-refractivity contribution in [3.8, 4) is 0 Å². The van der Waals surface area contributed by atoms with Crippen LogP contribution in [0.2, 0.25) is 0 Å². The number of carbonyl (C=O) groups excluding carboxylic acids is 2. The van der Waals surface area contributed by atoms with Crippen LogP contribution < -0.4 is 11.1 Å². The summed E-state index contributed by atoms with van der Waals surface area (Å²) in [5.74, 6) is -0.223. The molecule has 2 atom stereocenters. The van der Waals surface area contributed by atoms with Crippen molar-refractivity contribution in [3.63, 3.8) is 0 Å². The zero-order valence-electron chi connectivity index (χ0n) is 16.4. The van der Waals surface area contributed by atoms with Crippen molar-refractivity contribution in [3.05, 3.63) is 65.2 Å². The maximum absolute atomic E-state index is 12.7. The first-order valence-corrected chi connectivity index (χ1v) is 9.50. The molecule has 150 valence electrons. The predicted molar refractivity (Wildman–Crippen MR) is 115 cm³/mol. The minimum atomic E-state index is -0.735. The lowest BCUT2D eigenvalue weighted by Crippen LogP contribution is -2.42. The quantitative estimate of drug-likeness (QED) is 0.810. The van der Waals surface area contributed by atoms with Crippen molar-refractivity contribution in [2.45, 2.75) is 45.2 Å². The van der Waals surface area contributed by atoms with E-state index in [-0.39, 0.29) is 30.3 Å². The Morgan fingerprint density at radius 3 is 2.32 bits per heavy atom. The lowest BCUT2D eigenvalue weighted by atomic mass is 10.0. The number of rotatable bonds is 4. The van der Waals surface area contributed by atoms with Gasteiger partial charge < -0.3 is 16.0 Å². The Kier molecular flexibility index (Phi) is 7.61. The van der Waals surface area contributed by atoms with Gasteiger partial charge in [0, 0.05) is 23.8 Å². The molecule has 2 unspecified atom stereocenters. The van der Waals surface area contributed by atoms with E-state index in [9.17, 15) is 9.59 Å². The van der Waals surface area contributed by atoms with E-state index in [1.54, 1.807) is 24.3 Å². The van der Waals surface area contributed by atoms with E-state index in [2.05, 4.69) is 12.2 Å². The molecular formula is C22H28ClN3O2. The topological polar surface area (TPSA) is 75.4 Å². The van der Waals surface area contributed by atoms with E-state index >= 15 is 0 Å². The summed E-state index contributed by atoms with van der Waals surface area (Å²) in [5, 5.41) is 2.82. The monoisotopic (exact) mass is 401 g/mol. The molecule has 0 radical (unpaired) electrons. The van der Waals surface area contributed by atoms with Crippen LogP contribution in [0.15, 0.2) is 48.5 Å². The number of nitrogens with one attached hydrogen (secondary N) is 1. The molecule has 1 heterocycles. The molecular weight excluding hydrogens is 374 g/mol. The zero-order valence-corrected chi connectivity index (χ0v) is 17.2. The zero-order chi connectivity index (χ0) is 19.4. The summed E-state index contributed by atoms with van der Waals surface area (Å²) >= 11 is 0. The molecule has 2 aromatic rings. The molecule has 28 heavy (non-hydrogen) atoms. The fourth-order valence-corrected chi connectivity index (χ4v) is 3.41. The molecule has 5 nitrogen and oxygen atoms in total. The molecule has 3 rings (SSSR count). The van der Waals surface area contributed by atoms with E-state index in [4.69, 9.17) is 5.73 Å². The second-order valence-corrected chi connectivity index (χ2v) is 7.30. The van der Waals surface area contributed by atoms with Gasteiger partial charge in [-0.1, -0.05) is 29.8 Å². The van der Waals surface area contributed by atoms with Gasteiger partial charge in [-0.3, -0.25) is 9.59 Å². The Hall–Kier alpha value is -2.37. The molecule has 1 saturated heterocycles. The van der Waals surface area contributed by atoms with Crippen molar-refractivity contribution >= 4 is 29.9 Å². The highest BCUT2D eigenvalue weighted by atomic mass is 35.5. The summed E-state index contributed by atoms with van der Waals surface area (Å²) in [4.78, 5) is 27.0. The number of hydrogen-bond acceptors (Lipinski definition) is 3. The molecule has 0 saturated carbocycles. The molecule has 2 aromatic carbocycles. The highest BCUT2D eigenvalue weighted by Crippen LogP contribution is 2.21. The second-order valence-electron chi connectivity index (χ2n) is 7.30. The molecule has 0 aliphatic carbocycles. The number of hydrogen-bond donors (Lipinski definition) is 2. The lowest BCUT2D eigenvalue weighted by molar-refractivity contribution is -0.117. The van der Waals surface area contributed by atoms with Crippen LogP contribution in [0.1, 0.15) is 53.7 Å². The minimum absolute atomic E-state index is 0. The Labute approximate surface area is 172 Å². The van der Waals surface area contributed by atoms with Gasteiger partial charge >= 0.3 is 0 Å². The molecule has 6 heteroatoms. The van der Waals surface area contributed by atoms with E-state index in [1.165, 1.54) is 6.42 Å². The van der Waals surface area contributed by atoms with Gasteiger partial charge in [-0.15, -0.1) is 12.4 Å². The highest BCUT2D eigenvalue weighted by molar-refractivity contribution is 5.97. The summed E-state index contributed by atoms with van der Waals surface area (Å²) in [6.45, 7) is 4.89. The normalized spacial score (nSPS) is 17.4. The molecule has 0 aromatic heterocycles. The number of nitrogens with two attached hydrogens (primary N) is 1. The molecule has 0 bridgehead atoms. The SMILES string of the molecule is Cc1ccc(C(N)C(=O)Nc2ccc(C(=O)N3CCCCC3C)cc2)cc1.Cl. The summed E-state index contributed by atoms with van der Waals surface area (Å²) in [6, 6.07) is 14.2. The molecule has 1 aliphatic rings. The fourth-order valence-electron chi connectivity index (χ4n) is 3.41. The third-order valence-corrected chi connectivity index (χ3v) is 5.18. The van der Waals surface area contributed by atoms with Gasteiger partial charge in [0.25, 0.3) is 5.91 Å². The smallest absolute Gasteiger partial charge is 0.254 e. The van der Waals surface area contributed by atoms with Gasteiger partial charge in [-0.05, 0) is 62.9 Å². The number of likely N-dealkylation sites (tertiary alicyclic amines) is 1. The van der Waals surface area contributed by atoms with E-state index < -0.39 is 6.04 Å². The maximum atomic E-state index is 12.7. The van der Waals surface area contributed by atoms with Gasteiger partial charge in [-0.25, -0.2) is 0 Å². The maximum Gasteiger partial charge on any atom is 0.254 e. The van der Waals surface area contributed by atoms with Gasteiger partial charge in [-0.2, -0.15) is 0 Å². The summed E-state index contributed by atoms with van der Waals surface area (Å²) < 4.78 is 0. The highest BCUT2D eigenvalue weighted by Gasteiger charge is 2.24. The minimum Gasteiger partial charge on any atom is -0.336 e. The largest absolute Gasteiger partial charge is 0.336 e. The van der Waals surface area contributed by atoms with Crippen molar-refractivity contribution in [2.24, 2.45) is 5.73 Å². The number of aryl methyl sites for hydroxylation is 1. The van der Waals surface area contributed by atoms with Crippen molar-refractivity contribution < 1.29 is 9.59 Å². The Balaban J connectivity index is 0.00000280. The summed E-state index contributed by atoms with van der Waals surface area (Å²) in [7, 11) is 0. The Morgan fingerprint density at radius 2 is 1.71 bits per heavy atom. The van der Waals surface area contributed by atoms with Crippen LogP contribution in [0.5, 0.6) is 0 Å². The lowest BCUT2D eigenvalue weighted by Gasteiger charge is -2.33. The molecule has 0 spiro atoms. The Morgan fingerprint density at radius 1 is 1.07 bits per heavy atom. The van der Waals surface area contributed by atoms with Gasteiger partial charge in [0.1, 0.15) is 6.04 Å². The van der Waals surface area contributed by atoms with Gasteiger partial charge in [0.15, 0.2) is 0 Å². The number of anilines is 1. The van der Waals surface area contributed by atoms with Gasteiger partial charge in [0.2, 0.25) is 5.91 Å². The van der Waals surface area contributed by atoms with Crippen LogP contribution >= 0.6 is 12.4 Å². The number of halogens is 1. The number of amides is 2. The van der Waals surface area contributed by atoms with Crippen molar-refractivity contribution in [1.82, 2.24) is 4.90 Å². The van der Waals surface area contributed by atoms with Crippen LogP contribution in [0.3, 0.4) is 0 Å². The first kappa shape index (κ1) is 21.9. The van der Waals surface area contributed by atoms with Crippen LogP contribution in [0.25, 0.3) is 0 Å². The standard InChI is InChI=1S/C22H27N3O2.ClH/c1-15-6-8-17(9-7-15)20(23)21(26)24-19-12-10-18(11-13-19)22(27)25-14-4-3-5-16(25)2;/h6-13,16,20H,3-5,14,23H2,1-2H3,(H,24,26);1H. The molecule has 2 amide bonds. The van der Waals surface area contributed by atoms with Crippen molar-refractivity contribution in [2.75, 3.05) is 11.9 Å². The Bertz CT molecular complexity index is 806. The summed E-state index contributed by atoms with van der Waals surface area (Å²) in [6.07, 6.45) is 3.29. The number of benzene rings is 2. The number of carbonyl (C=O) groups is 2. The van der Waals surface area contributed by atoms with Crippen LogP contribution in [0, 0.1) is 6.92 Å². The van der Waals surface area contributed by atoms with Crippen molar-refractivity contribution in [1.29, 1.82) is 0 Å². The average Bonchev–Trinajstić information content (AvgIpc) is 2.68. The van der Waals surface area contributed by atoms with E-state index in [0.29, 0.717) is 11.3 Å². The first-order valence-electron chi connectivity index (χ1n) is 9.50. The second kappa shape index (κ2) is 9.71. The predicted octanol–water partition coefficient (Wildman–Crippen LogP) is 4.07. The van der Waals surface area contributed by atoms with Crippen LogP contribution in [0.4, 0.5) is 5.69 Å². The third-order valence-electron chi connectivity index (χ3n) is 5.18. The van der Waals surface area contributed by atoms with Gasteiger partial charge in [0.05, 0.1) is 0 Å². The molecule has 3 N–H and O–H groups in total. The van der Waals surface area contributed by atoms with E-state index in [0.717, 1.165) is 30.5 Å². The summed E-state index contributed by atoms with van der Waals surface area (Å²) in [5.41, 5.74) is 9.22. The first-order chi connectivity index (χ1) is 13.0. The van der Waals surface area contributed by atoms with Crippen LogP contribution in [-0.2, 0) is 4.79 Å². The molecule has 1 aliphatic heterocycles. The molecule has 1 fully saturated rings. The van der Waals surface area contributed by atoms with E-state index in [1.807, 2.05) is 36.1 Å². The third kappa shape index (κ3) is 5.12. The number of nitrogens with zero attached hydrogens (tertiary/aromatic N) is 1. The number of piperidine rings is 1. The van der Waals surface area contributed by atoms with Crippen LogP contribution in [-0.4, -0.2) is 29.3 Å².